The molecule has 1 aromatic heterocycles. The first-order valence-corrected chi connectivity index (χ1v) is 4.72. The summed E-state index contributed by atoms with van der Waals surface area (Å²) in [4.78, 5) is 36.0. The summed E-state index contributed by atoms with van der Waals surface area (Å²) in [5.41, 5.74) is 0.259. The van der Waals surface area contributed by atoms with Crippen molar-refractivity contribution in [3.63, 3.8) is 0 Å². The van der Waals surface area contributed by atoms with Crippen LogP contribution in [0.3, 0.4) is 0 Å². The van der Waals surface area contributed by atoms with Crippen molar-refractivity contribution in [2.45, 2.75) is 6.92 Å². The fourth-order valence-corrected chi connectivity index (χ4v) is 1.00. The van der Waals surface area contributed by atoms with E-state index in [1.54, 1.807) is 0 Å². The maximum absolute atomic E-state index is 11.3. The number of carboxylic acid groups (broad SMARTS) is 1. The number of pyridine rings is 1. The molecule has 7 heteroatoms. The molecule has 0 aliphatic heterocycles. The summed E-state index contributed by atoms with van der Waals surface area (Å²) in [6, 6.07) is 2.69. The molecule has 0 aromatic carbocycles. The molecule has 2 amide bonds. The molecule has 1 rings (SSSR count). The molecule has 0 aliphatic carbocycles. The van der Waals surface area contributed by atoms with Gasteiger partial charge in [0.05, 0.1) is 18.4 Å². The Labute approximate surface area is 96.9 Å². The Morgan fingerprint density at radius 3 is 2.53 bits per heavy atom. The van der Waals surface area contributed by atoms with Gasteiger partial charge in [-0.1, -0.05) is 0 Å². The van der Waals surface area contributed by atoms with E-state index in [2.05, 4.69) is 15.6 Å². The third-order valence-electron chi connectivity index (χ3n) is 1.76. The number of carbonyl (C=O) groups excluding carboxylic acids is 2. The summed E-state index contributed by atoms with van der Waals surface area (Å²) in [5.74, 6) is -1.86. The Balaban J connectivity index is 2.54. The lowest BCUT2D eigenvalue weighted by Gasteiger charge is -2.05. The fourth-order valence-electron chi connectivity index (χ4n) is 1.00. The number of hydrogen-bond donors (Lipinski definition) is 3. The molecule has 0 atom stereocenters. The first-order chi connectivity index (χ1) is 7.99. The quantitative estimate of drug-likeness (QED) is 0.675. The molecule has 0 aliphatic rings. The number of anilines is 1. The van der Waals surface area contributed by atoms with Crippen LogP contribution in [0.4, 0.5) is 5.69 Å². The van der Waals surface area contributed by atoms with Gasteiger partial charge in [-0.05, 0) is 12.1 Å². The summed E-state index contributed by atoms with van der Waals surface area (Å²) in [7, 11) is 0. The number of carbonyl (C=O) groups is 3. The third-order valence-corrected chi connectivity index (χ3v) is 1.76. The van der Waals surface area contributed by atoms with E-state index in [-0.39, 0.29) is 18.1 Å². The van der Waals surface area contributed by atoms with Crippen molar-refractivity contribution in [2.75, 3.05) is 11.9 Å². The molecular weight excluding hydrogens is 226 g/mol. The molecule has 0 saturated carbocycles. The van der Waals surface area contributed by atoms with Crippen molar-refractivity contribution in [1.29, 1.82) is 0 Å². The molecule has 7 nitrogen and oxygen atoms in total. The second-order valence-corrected chi connectivity index (χ2v) is 3.20. The lowest BCUT2D eigenvalue weighted by atomic mass is 10.3. The Hall–Kier alpha value is -2.44. The summed E-state index contributed by atoms with van der Waals surface area (Å²) in [5, 5.41) is 13.4. The standard InChI is InChI=1S/C10H11N3O4/c1-6(14)11-5-9(15)13-7-2-3-8(10(16)17)12-4-7/h2-4H,5H2,1H3,(H,11,14)(H,13,15)(H,16,17). The van der Waals surface area contributed by atoms with Crippen LogP contribution in [-0.2, 0) is 9.59 Å². The van der Waals surface area contributed by atoms with Crippen LogP contribution in [0.5, 0.6) is 0 Å². The highest BCUT2D eigenvalue weighted by Gasteiger charge is 2.06. The van der Waals surface area contributed by atoms with Gasteiger partial charge in [-0.25, -0.2) is 9.78 Å². The topological polar surface area (TPSA) is 108 Å². The lowest BCUT2D eigenvalue weighted by Crippen LogP contribution is -2.31. The van der Waals surface area contributed by atoms with Gasteiger partial charge in [-0.2, -0.15) is 0 Å². The maximum Gasteiger partial charge on any atom is 0.354 e. The van der Waals surface area contributed by atoms with E-state index in [1.165, 1.54) is 25.3 Å². The van der Waals surface area contributed by atoms with Gasteiger partial charge in [0.2, 0.25) is 11.8 Å². The Morgan fingerprint density at radius 2 is 2.06 bits per heavy atom. The first-order valence-electron chi connectivity index (χ1n) is 4.72. The molecule has 0 bridgehead atoms. The monoisotopic (exact) mass is 237 g/mol. The van der Waals surface area contributed by atoms with E-state index in [9.17, 15) is 14.4 Å². The van der Waals surface area contributed by atoms with Crippen LogP contribution in [0.2, 0.25) is 0 Å². The predicted molar refractivity (Wildman–Crippen MR) is 58.5 cm³/mol. The molecule has 0 radical (unpaired) electrons. The molecule has 1 aromatic rings. The normalized spacial score (nSPS) is 9.47. The van der Waals surface area contributed by atoms with Crippen molar-refractivity contribution in [2.24, 2.45) is 0 Å². The summed E-state index contributed by atoms with van der Waals surface area (Å²) in [6.07, 6.45) is 1.23. The predicted octanol–water partition coefficient (Wildman–Crippen LogP) is -0.146. The van der Waals surface area contributed by atoms with Gasteiger partial charge < -0.3 is 15.7 Å². The van der Waals surface area contributed by atoms with E-state index in [0.29, 0.717) is 5.69 Å². The average molecular weight is 237 g/mol. The van der Waals surface area contributed by atoms with E-state index in [4.69, 9.17) is 5.11 Å². The van der Waals surface area contributed by atoms with E-state index in [1.807, 2.05) is 0 Å². The molecule has 0 fully saturated rings. The van der Waals surface area contributed by atoms with Crippen LogP contribution >= 0.6 is 0 Å². The highest BCUT2D eigenvalue weighted by molar-refractivity contribution is 5.94. The lowest BCUT2D eigenvalue weighted by molar-refractivity contribution is -0.122. The number of amides is 2. The molecule has 0 unspecified atom stereocenters. The molecule has 0 saturated heterocycles. The summed E-state index contributed by atoms with van der Waals surface area (Å²) < 4.78 is 0. The van der Waals surface area contributed by atoms with Crippen LogP contribution in [0, 0.1) is 0 Å². The number of hydrogen-bond acceptors (Lipinski definition) is 4. The van der Waals surface area contributed by atoms with Gasteiger partial charge >= 0.3 is 5.97 Å². The van der Waals surface area contributed by atoms with Crippen LogP contribution in [-0.4, -0.2) is 34.4 Å². The van der Waals surface area contributed by atoms with E-state index >= 15 is 0 Å². The zero-order valence-electron chi connectivity index (χ0n) is 9.06. The van der Waals surface area contributed by atoms with Crippen molar-refractivity contribution in [3.05, 3.63) is 24.0 Å². The zero-order valence-corrected chi connectivity index (χ0v) is 9.06. The molecule has 0 spiro atoms. The van der Waals surface area contributed by atoms with Crippen LogP contribution < -0.4 is 10.6 Å². The second-order valence-electron chi connectivity index (χ2n) is 3.20. The third kappa shape index (κ3) is 4.29. The number of carboxylic acids is 1. The van der Waals surface area contributed by atoms with Gasteiger partial charge in [-0.3, -0.25) is 9.59 Å². The summed E-state index contributed by atoms with van der Waals surface area (Å²) >= 11 is 0. The minimum absolute atomic E-state index is 0.107. The fraction of sp³-hybridized carbons (Fsp3) is 0.200. The Morgan fingerprint density at radius 1 is 1.35 bits per heavy atom. The minimum atomic E-state index is -1.14. The number of aromatic nitrogens is 1. The van der Waals surface area contributed by atoms with Crippen molar-refractivity contribution in [1.82, 2.24) is 10.3 Å². The smallest absolute Gasteiger partial charge is 0.354 e. The number of nitrogens with zero attached hydrogens (tertiary/aromatic N) is 1. The maximum atomic E-state index is 11.3. The number of aromatic carboxylic acids is 1. The SMILES string of the molecule is CC(=O)NCC(=O)Nc1ccc(C(=O)O)nc1. The van der Waals surface area contributed by atoms with Crippen LogP contribution in [0.25, 0.3) is 0 Å². The van der Waals surface area contributed by atoms with Gasteiger partial charge in [0, 0.05) is 6.92 Å². The number of rotatable bonds is 4. The van der Waals surface area contributed by atoms with Crippen molar-refractivity contribution < 1.29 is 19.5 Å². The van der Waals surface area contributed by atoms with Gasteiger partial charge in [0.15, 0.2) is 0 Å². The average Bonchev–Trinajstić information content (AvgIpc) is 2.27. The van der Waals surface area contributed by atoms with Crippen molar-refractivity contribution in [3.8, 4) is 0 Å². The van der Waals surface area contributed by atoms with Crippen molar-refractivity contribution >= 4 is 23.5 Å². The molecular formula is C10H11N3O4. The van der Waals surface area contributed by atoms with E-state index in [0.717, 1.165) is 0 Å². The Bertz CT molecular complexity index is 441. The number of nitrogens with one attached hydrogen (secondary N) is 2. The highest BCUT2D eigenvalue weighted by Crippen LogP contribution is 2.05. The van der Waals surface area contributed by atoms with Crippen LogP contribution in [0.15, 0.2) is 18.3 Å². The minimum Gasteiger partial charge on any atom is -0.477 e. The van der Waals surface area contributed by atoms with Gasteiger partial charge in [0.1, 0.15) is 5.69 Å². The van der Waals surface area contributed by atoms with Crippen LogP contribution in [0.1, 0.15) is 17.4 Å². The molecule has 17 heavy (non-hydrogen) atoms. The summed E-state index contributed by atoms with van der Waals surface area (Å²) in [6.45, 7) is 1.16. The largest absolute Gasteiger partial charge is 0.477 e. The first kappa shape index (κ1) is 12.6. The highest BCUT2D eigenvalue weighted by atomic mass is 16.4. The molecule has 3 N–H and O–H groups in total. The molecule has 90 valence electrons. The van der Waals surface area contributed by atoms with E-state index < -0.39 is 11.9 Å². The Kier molecular flexibility index (Phi) is 4.15. The molecule has 1 heterocycles. The zero-order chi connectivity index (χ0) is 12.8. The van der Waals surface area contributed by atoms with Gasteiger partial charge in [0.25, 0.3) is 0 Å². The van der Waals surface area contributed by atoms with Gasteiger partial charge in [-0.15, -0.1) is 0 Å². The second kappa shape index (κ2) is 5.59.